The molecule has 2 N–H and O–H groups in total. The van der Waals surface area contributed by atoms with Gasteiger partial charge in [0.25, 0.3) is 0 Å². The van der Waals surface area contributed by atoms with Gasteiger partial charge in [-0.15, -0.1) is 6.58 Å². The number of hydrogen-bond acceptors (Lipinski definition) is 2. The second kappa shape index (κ2) is 2.72. The second-order valence-electron chi connectivity index (χ2n) is 3.09. The molecule has 58 valence electrons. The smallest absolute Gasteiger partial charge is 0.0864 e. The largest absolute Gasteiger partial charge is 0.390 e. The fourth-order valence-corrected chi connectivity index (χ4v) is 1.53. The molecule has 0 bridgehead atoms. The van der Waals surface area contributed by atoms with Crippen LogP contribution in [-0.2, 0) is 0 Å². The predicted octanol–water partition coefficient (Wildman–Crippen LogP) is 0.550. The van der Waals surface area contributed by atoms with E-state index < -0.39 is 12.2 Å². The molecule has 0 aromatic carbocycles. The van der Waals surface area contributed by atoms with E-state index in [-0.39, 0.29) is 11.8 Å². The van der Waals surface area contributed by atoms with Crippen LogP contribution >= 0.6 is 0 Å². The quantitative estimate of drug-likeness (QED) is 0.525. The minimum absolute atomic E-state index is 0.0880. The van der Waals surface area contributed by atoms with Gasteiger partial charge in [-0.3, -0.25) is 0 Å². The van der Waals surface area contributed by atoms with Gasteiger partial charge in [0.2, 0.25) is 0 Å². The molecule has 2 heteroatoms. The molecular weight excluding hydrogens is 128 g/mol. The van der Waals surface area contributed by atoms with Crippen molar-refractivity contribution in [2.45, 2.75) is 25.6 Å². The summed E-state index contributed by atoms with van der Waals surface area (Å²) in [5.74, 6) is 0.294. The van der Waals surface area contributed by atoms with E-state index in [2.05, 4.69) is 6.58 Å². The third kappa shape index (κ3) is 1.09. The average Bonchev–Trinajstić information content (AvgIpc) is 2.17. The third-order valence-corrected chi connectivity index (χ3v) is 2.32. The van der Waals surface area contributed by atoms with Crippen molar-refractivity contribution in [2.24, 2.45) is 11.8 Å². The van der Waals surface area contributed by atoms with E-state index in [0.29, 0.717) is 0 Å². The molecule has 1 aliphatic rings. The molecule has 0 aromatic heterocycles. The Morgan fingerprint density at radius 3 is 2.20 bits per heavy atom. The maximum absolute atomic E-state index is 9.31. The van der Waals surface area contributed by atoms with Crippen LogP contribution in [0.4, 0.5) is 0 Å². The third-order valence-electron chi connectivity index (χ3n) is 2.32. The standard InChI is InChI=1S/C8H14O2/c1-3-6-4-5(2)7(9)8(6)10/h3,5-10H,1,4H2,2H3/t5-,6+,7+,8-/m1/s1. The van der Waals surface area contributed by atoms with Gasteiger partial charge < -0.3 is 10.2 Å². The van der Waals surface area contributed by atoms with Crippen molar-refractivity contribution in [1.82, 2.24) is 0 Å². The topological polar surface area (TPSA) is 40.5 Å². The molecule has 0 unspecified atom stereocenters. The maximum atomic E-state index is 9.31. The Morgan fingerprint density at radius 1 is 1.40 bits per heavy atom. The number of hydrogen-bond donors (Lipinski definition) is 2. The van der Waals surface area contributed by atoms with E-state index in [1.165, 1.54) is 0 Å². The van der Waals surface area contributed by atoms with Crippen molar-refractivity contribution in [2.75, 3.05) is 0 Å². The summed E-state index contributed by atoms with van der Waals surface area (Å²) < 4.78 is 0. The van der Waals surface area contributed by atoms with Crippen LogP contribution in [0.1, 0.15) is 13.3 Å². The van der Waals surface area contributed by atoms with Crippen molar-refractivity contribution in [3.63, 3.8) is 0 Å². The van der Waals surface area contributed by atoms with Gasteiger partial charge >= 0.3 is 0 Å². The minimum atomic E-state index is -0.590. The summed E-state index contributed by atoms with van der Waals surface area (Å²) in [5.41, 5.74) is 0. The van der Waals surface area contributed by atoms with Gasteiger partial charge in [0.1, 0.15) is 0 Å². The summed E-state index contributed by atoms with van der Waals surface area (Å²) in [7, 11) is 0. The number of rotatable bonds is 1. The van der Waals surface area contributed by atoms with E-state index >= 15 is 0 Å². The van der Waals surface area contributed by atoms with E-state index in [1.54, 1.807) is 6.08 Å². The van der Waals surface area contributed by atoms with Crippen molar-refractivity contribution in [3.8, 4) is 0 Å². The molecule has 0 aromatic rings. The van der Waals surface area contributed by atoms with Gasteiger partial charge in [-0.25, -0.2) is 0 Å². The lowest BCUT2D eigenvalue weighted by molar-refractivity contribution is 0.0140. The van der Waals surface area contributed by atoms with Gasteiger partial charge in [-0.05, 0) is 12.3 Å². The Morgan fingerprint density at radius 2 is 2.00 bits per heavy atom. The molecule has 0 radical (unpaired) electrons. The van der Waals surface area contributed by atoms with Crippen molar-refractivity contribution in [1.29, 1.82) is 0 Å². The summed E-state index contributed by atoms with van der Waals surface area (Å²) in [4.78, 5) is 0. The van der Waals surface area contributed by atoms with Crippen LogP contribution in [0.5, 0.6) is 0 Å². The summed E-state index contributed by atoms with van der Waals surface area (Å²) in [6.07, 6.45) is 1.43. The average molecular weight is 142 g/mol. The van der Waals surface area contributed by atoms with Gasteiger partial charge in [0.05, 0.1) is 12.2 Å². The van der Waals surface area contributed by atoms with Gasteiger partial charge in [0.15, 0.2) is 0 Å². The van der Waals surface area contributed by atoms with Gasteiger partial charge in [-0.2, -0.15) is 0 Å². The normalized spacial score (nSPS) is 47.5. The molecule has 0 spiro atoms. The Labute approximate surface area is 61.2 Å². The van der Waals surface area contributed by atoms with Crippen LogP contribution in [0.2, 0.25) is 0 Å². The highest BCUT2D eigenvalue weighted by atomic mass is 16.3. The molecule has 0 aliphatic heterocycles. The summed E-state index contributed by atoms with van der Waals surface area (Å²) >= 11 is 0. The predicted molar refractivity (Wildman–Crippen MR) is 39.5 cm³/mol. The van der Waals surface area contributed by atoms with Crippen LogP contribution in [-0.4, -0.2) is 22.4 Å². The summed E-state index contributed by atoms with van der Waals surface area (Å²) in [5, 5.41) is 18.6. The highest BCUT2D eigenvalue weighted by Gasteiger charge is 2.36. The lowest BCUT2D eigenvalue weighted by Gasteiger charge is -2.12. The van der Waals surface area contributed by atoms with Gasteiger partial charge in [-0.1, -0.05) is 13.0 Å². The van der Waals surface area contributed by atoms with Crippen LogP contribution in [0, 0.1) is 11.8 Å². The lowest BCUT2D eigenvalue weighted by atomic mass is 10.1. The van der Waals surface area contributed by atoms with Crippen molar-refractivity contribution >= 4 is 0 Å². The minimum Gasteiger partial charge on any atom is -0.390 e. The first-order chi connectivity index (χ1) is 4.66. The van der Waals surface area contributed by atoms with E-state index in [4.69, 9.17) is 0 Å². The van der Waals surface area contributed by atoms with Gasteiger partial charge in [0, 0.05) is 5.92 Å². The molecular formula is C8H14O2. The molecule has 0 saturated heterocycles. The van der Waals surface area contributed by atoms with Crippen LogP contribution in [0.25, 0.3) is 0 Å². The van der Waals surface area contributed by atoms with Crippen LogP contribution < -0.4 is 0 Å². The Hall–Kier alpha value is -0.340. The number of aliphatic hydroxyl groups is 2. The Bertz CT molecular complexity index is 133. The first-order valence-corrected chi connectivity index (χ1v) is 3.65. The van der Waals surface area contributed by atoms with Crippen LogP contribution in [0.3, 0.4) is 0 Å². The SMILES string of the molecule is C=C[C@H]1C[C@@H](C)[C@H](O)[C@@H]1O. The highest BCUT2D eigenvalue weighted by Crippen LogP contribution is 2.31. The highest BCUT2D eigenvalue weighted by molar-refractivity contribution is 4.96. The lowest BCUT2D eigenvalue weighted by Crippen LogP contribution is -2.26. The number of aliphatic hydroxyl groups excluding tert-OH is 2. The fraction of sp³-hybridized carbons (Fsp3) is 0.750. The fourth-order valence-electron chi connectivity index (χ4n) is 1.53. The summed E-state index contributed by atoms with van der Waals surface area (Å²) in [6, 6.07) is 0. The van der Waals surface area contributed by atoms with Crippen molar-refractivity contribution in [3.05, 3.63) is 12.7 Å². The van der Waals surface area contributed by atoms with Crippen molar-refractivity contribution < 1.29 is 10.2 Å². The molecule has 2 nitrogen and oxygen atoms in total. The maximum Gasteiger partial charge on any atom is 0.0864 e. The second-order valence-corrected chi connectivity index (χ2v) is 3.09. The molecule has 1 fully saturated rings. The van der Waals surface area contributed by atoms with Crippen LogP contribution in [0.15, 0.2) is 12.7 Å². The molecule has 4 atom stereocenters. The van der Waals surface area contributed by atoms with E-state index in [1.807, 2.05) is 6.92 Å². The molecule has 1 rings (SSSR count). The molecule has 1 saturated carbocycles. The zero-order valence-electron chi connectivity index (χ0n) is 6.20. The van der Waals surface area contributed by atoms with E-state index in [9.17, 15) is 10.2 Å². The first kappa shape index (κ1) is 7.76. The monoisotopic (exact) mass is 142 g/mol. The Balaban J connectivity index is 2.61. The molecule has 1 aliphatic carbocycles. The zero-order chi connectivity index (χ0) is 7.72. The van der Waals surface area contributed by atoms with E-state index in [0.717, 1.165) is 6.42 Å². The first-order valence-electron chi connectivity index (χ1n) is 3.65. The zero-order valence-corrected chi connectivity index (χ0v) is 6.20. The molecule has 0 heterocycles. The molecule has 0 amide bonds. The molecule has 10 heavy (non-hydrogen) atoms. The summed E-state index contributed by atoms with van der Waals surface area (Å²) in [6.45, 7) is 5.53. The Kier molecular flexibility index (Phi) is 2.11.